The van der Waals surface area contributed by atoms with E-state index in [4.69, 9.17) is 28.3 Å². The van der Waals surface area contributed by atoms with Crippen LogP contribution in [0.3, 0.4) is 0 Å². The first-order valence-corrected chi connectivity index (χ1v) is 5.75. The third-order valence-corrected chi connectivity index (χ3v) is 3.00. The number of pyridine rings is 1. The molecular formula is C12H8Cl2N2O2. The zero-order chi connectivity index (χ0) is 13.1. The number of rotatable bonds is 3. The summed E-state index contributed by atoms with van der Waals surface area (Å²) < 4.78 is 0. The summed E-state index contributed by atoms with van der Waals surface area (Å²) in [6.07, 6.45) is 0. The van der Waals surface area contributed by atoms with Gasteiger partial charge in [0.2, 0.25) is 0 Å². The summed E-state index contributed by atoms with van der Waals surface area (Å²) in [5.74, 6) is -0.699. The maximum absolute atomic E-state index is 10.8. The van der Waals surface area contributed by atoms with Crippen LogP contribution >= 0.6 is 23.2 Å². The number of hydrogen-bond acceptors (Lipinski definition) is 3. The molecule has 0 aliphatic rings. The van der Waals surface area contributed by atoms with Crippen LogP contribution in [0.5, 0.6) is 0 Å². The maximum Gasteiger partial charge on any atom is 0.354 e. The number of anilines is 2. The average molecular weight is 283 g/mol. The van der Waals surface area contributed by atoms with Gasteiger partial charge >= 0.3 is 5.97 Å². The van der Waals surface area contributed by atoms with Crippen LogP contribution in [-0.4, -0.2) is 16.1 Å². The van der Waals surface area contributed by atoms with Gasteiger partial charge in [-0.05, 0) is 24.3 Å². The third kappa shape index (κ3) is 2.72. The molecule has 0 atom stereocenters. The predicted molar refractivity (Wildman–Crippen MR) is 70.9 cm³/mol. The highest BCUT2D eigenvalue weighted by molar-refractivity contribution is 6.43. The Bertz CT molecular complexity index is 602. The highest BCUT2D eigenvalue weighted by Crippen LogP contribution is 2.31. The standard InChI is InChI=1S/C12H8Cl2N2O2/c13-7-3-1-4-8(11(7)14)15-10-6-2-5-9(16-10)12(17)18/h1-6H,(H,15,16)(H,17,18). The minimum Gasteiger partial charge on any atom is -0.477 e. The van der Waals surface area contributed by atoms with Crippen LogP contribution < -0.4 is 5.32 Å². The van der Waals surface area contributed by atoms with Gasteiger partial charge in [-0.2, -0.15) is 0 Å². The molecule has 2 rings (SSSR count). The molecule has 0 bridgehead atoms. The minimum atomic E-state index is -1.09. The molecule has 0 amide bonds. The number of nitrogens with one attached hydrogen (secondary N) is 1. The predicted octanol–water partition coefficient (Wildman–Crippen LogP) is 3.83. The van der Waals surface area contributed by atoms with Crippen LogP contribution in [0.15, 0.2) is 36.4 Å². The van der Waals surface area contributed by atoms with E-state index in [0.717, 1.165) is 0 Å². The number of carboxylic acid groups (broad SMARTS) is 1. The first-order chi connectivity index (χ1) is 8.58. The van der Waals surface area contributed by atoms with Gasteiger partial charge in [-0.1, -0.05) is 35.3 Å². The number of nitrogens with zero attached hydrogens (tertiary/aromatic N) is 1. The summed E-state index contributed by atoms with van der Waals surface area (Å²) in [6.45, 7) is 0. The normalized spacial score (nSPS) is 10.1. The topological polar surface area (TPSA) is 62.2 Å². The number of benzene rings is 1. The Hall–Kier alpha value is -1.78. The van der Waals surface area contributed by atoms with E-state index in [1.807, 2.05) is 0 Å². The van der Waals surface area contributed by atoms with Gasteiger partial charge in [0.25, 0.3) is 0 Å². The van der Waals surface area contributed by atoms with E-state index < -0.39 is 5.97 Å². The fourth-order valence-corrected chi connectivity index (χ4v) is 1.71. The molecule has 0 saturated carbocycles. The van der Waals surface area contributed by atoms with Crippen molar-refractivity contribution in [3.63, 3.8) is 0 Å². The molecule has 0 spiro atoms. The molecule has 0 aliphatic heterocycles. The summed E-state index contributed by atoms with van der Waals surface area (Å²) in [4.78, 5) is 14.7. The number of halogens is 2. The minimum absolute atomic E-state index is 0.0434. The molecule has 1 aromatic carbocycles. The summed E-state index contributed by atoms with van der Waals surface area (Å²) >= 11 is 11.9. The zero-order valence-electron chi connectivity index (χ0n) is 9.02. The molecule has 1 heterocycles. The van der Waals surface area contributed by atoms with Gasteiger partial charge < -0.3 is 10.4 Å². The second kappa shape index (κ2) is 5.25. The van der Waals surface area contributed by atoms with Crippen LogP contribution in [0.1, 0.15) is 10.5 Å². The van der Waals surface area contributed by atoms with Crippen LogP contribution in [0.2, 0.25) is 10.0 Å². The van der Waals surface area contributed by atoms with Gasteiger partial charge in [0, 0.05) is 0 Å². The van der Waals surface area contributed by atoms with Gasteiger partial charge in [-0.25, -0.2) is 9.78 Å². The molecule has 0 fully saturated rings. The number of aromatic nitrogens is 1. The summed E-state index contributed by atoms with van der Waals surface area (Å²) in [6, 6.07) is 9.77. The Balaban J connectivity index is 2.31. The van der Waals surface area contributed by atoms with Gasteiger partial charge in [-0.3, -0.25) is 0 Å². The van der Waals surface area contributed by atoms with Gasteiger partial charge in [-0.15, -0.1) is 0 Å². The van der Waals surface area contributed by atoms with E-state index in [2.05, 4.69) is 10.3 Å². The molecule has 4 nitrogen and oxygen atoms in total. The lowest BCUT2D eigenvalue weighted by atomic mass is 10.3. The molecule has 92 valence electrons. The van der Waals surface area contributed by atoms with Crippen molar-refractivity contribution in [3.05, 3.63) is 52.1 Å². The van der Waals surface area contributed by atoms with E-state index >= 15 is 0 Å². The lowest BCUT2D eigenvalue weighted by molar-refractivity contribution is 0.0690. The largest absolute Gasteiger partial charge is 0.477 e. The van der Waals surface area contributed by atoms with Crippen molar-refractivity contribution in [2.75, 3.05) is 5.32 Å². The van der Waals surface area contributed by atoms with E-state index in [1.54, 1.807) is 30.3 Å². The van der Waals surface area contributed by atoms with Crippen molar-refractivity contribution in [1.29, 1.82) is 0 Å². The highest BCUT2D eigenvalue weighted by Gasteiger charge is 2.08. The molecule has 0 aliphatic carbocycles. The maximum atomic E-state index is 10.8. The summed E-state index contributed by atoms with van der Waals surface area (Å²) in [5.41, 5.74) is 0.525. The van der Waals surface area contributed by atoms with Crippen LogP contribution in [0, 0.1) is 0 Å². The second-order valence-corrected chi connectivity index (χ2v) is 4.22. The first-order valence-electron chi connectivity index (χ1n) is 4.99. The Kier molecular flexibility index (Phi) is 3.69. The fraction of sp³-hybridized carbons (Fsp3) is 0. The van der Waals surface area contributed by atoms with Crippen molar-refractivity contribution < 1.29 is 9.90 Å². The molecule has 2 aromatic rings. The molecule has 0 saturated heterocycles. The Labute approximate surface area is 113 Å². The Morgan fingerprint density at radius 1 is 1.17 bits per heavy atom. The summed E-state index contributed by atoms with van der Waals surface area (Å²) in [5, 5.41) is 12.5. The molecule has 0 radical (unpaired) electrons. The van der Waals surface area contributed by atoms with Crippen LogP contribution in [0.25, 0.3) is 0 Å². The lowest BCUT2D eigenvalue weighted by Gasteiger charge is -2.08. The van der Waals surface area contributed by atoms with Gasteiger partial charge in [0.15, 0.2) is 5.69 Å². The summed E-state index contributed by atoms with van der Waals surface area (Å²) in [7, 11) is 0. The van der Waals surface area contributed by atoms with Crippen molar-refractivity contribution in [3.8, 4) is 0 Å². The van der Waals surface area contributed by atoms with Crippen molar-refractivity contribution in [1.82, 2.24) is 4.98 Å². The van der Waals surface area contributed by atoms with E-state index in [-0.39, 0.29) is 5.69 Å². The second-order valence-electron chi connectivity index (χ2n) is 3.44. The van der Waals surface area contributed by atoms with Crippen molar-refractivity contribution >= 4 is 40.7 Å². The number of aromatic carboxylic acids is 1. The van der Waals surface area contributed by atoms with E-state index in [9.17, 15) is 4.79 Å². The molecule has 1 aromatic heterocycles. The quantitative estimate of drug-likeness (QED) is 0.898. The number of hydrogen-bond donors (Lipinski definition) is 2. The first kappa shape index (κ1) is 12.7. The van der Waals surface area contributed by atoms with Crippen molar-refractivity contribution in [2.24, 2.45) is 0 Å². The monoisotopic (exact) mass is 282 g/mol. The van der Waals surface area contributed by atoms with Crippen LogP contribution in [0.4, 0.5) is 11.5 Å². The molecule has 6 heteroatoms. The van der Waals surface area contributed by atoms with E-state index in [1.165, 1.54) is 6.07 Å². The highest BCUT2D eigenvalue weighted by atomic mass is 35.5. The Morgan fingerprint density at radius 3 is 2.61 bits per heavy atom. The third-order valence-electron chi connectivity index (χ3n) is 2.18. The molecule has 0 unspecified atom stereocenters. The average Bonchev–Trinajstić information content (AvgIpc) is 2.35. The molecule has 18 heavy (non-hydrogen) atoms. The smallest absolute Gasteiger partial charge is 0.354 e. The lowest BCUT2D eigenvalue weighted by Crippen LogP contribution is -2.02. The SMILES string of the molecule is O=C(O)c1cccc(Nc2cccc(Cl)c2Cl)n1. The molecule has 2 N–H and O–H groups in total. The van der Waals surface area contributed by atoms with Crippen molar-refractivity contribution in [2.45, 2.75) is 0 Å². The van der Waals surface area contributed by atoms with E-state index in [0.29, 0.717) is 21.6 Å². The number of carboxylic acids is 1. The van der Waals surface area contributed by atoms with Gasteiger partial charge in [0.05, 0.1) is 15.7 Å². The molecular weight excluding hydrogens is 275 g/mol. The Morgan fingerprint density at radius 2 is 1.89 bits per heavy atom. The van der Waals surface area contributed by atoms with Gasteiger partial charge in [0.1, 0.15) is 5.82 Å². The fourth-order valence-electron chi connectivity index (χ4n) is 1.36. The van der Waals surface area contributed by atoms with Crippen LogP contribution in [-0.2, 0) is 0 Å². The zero-order valence-corrected chi connectivity index (χ0v) is 10.5. The number of carbonyl (C=O) groups is 1.